The molecule has 2 aromatic carbocycles. The first-order chi connectivity index (χ1) is 15.8. The zero-order chi connectivity index (χ0) is 23.5. The molecule has 33 heavy (non-hydrogen) atoms. The topological polar surface area (TPSA) is 84.3 Å². The van der Waals surface area contributed by atoms with Crippen molar-refractivity contribution < 1.29 is 18.4 Å². The molecule has 7 nitrogen and oxygen atoms in total. The number of carbonyl (C=O) groups is 2. The molecule has 11 heteroatoms. The van der Waals surface area contributed by atoms with Crippen LogP contribution < -0.4 is 10.9 Å². The molecule has 3 aromatic rings. The van der Waals surface area contributed by atoms with E-state index in [0.717, 1.165) is 41.3 Å². The number of hydrogen-bond acceptors (Lipinski definition) is 5. The minimum Gasteiger partial charge on any atom is -0.346 e. The van der Waals surface area contributed by atoms with Crippen LogP contribution in [0.1, 0.15) is 12.8 Å². The first-order valence-electron chi connectivity index (χ1n) is 10.2. The summed E-state index contributed by atoms with van der Waals surface area (Å²) in [4.78, 5) is 43.7. The number of hydrogen-bond donors (Lipinski definition) is 1. The summed E-state index contributed by atoms with van der Waals surface area (Å²) in [7, 11) is 0. The van der Waals surface area contributed by atoms with Crippen LogP contribution in [-0.4, -0.2) is 51.7 Å². The lowest BCUT2D eigenvalue weighted by molar-refractivity contribution is -0.131. The van der Waals surface area contributed by atoms with Crippen molar-refractivity contribution in [2.75, 3.05) is 25.4 Å². The van der Waals surface area contributed by atoms with Crippen molar-refractivity contribution in [3.8, 4) is 5.69 Å². The lowest BCUT2D eigenvalue weighted by atomic mass is 10.2. The van der Waals surface area contributed by atoms with Crippen LogP contribution in [0.15, 0.2) is 46.3 Å². The molecule has 1 aliphatic rings. The number of halogens is 3. The Balaban J connectivity index is 1.60. The van der Waals surface area contributed by atoms with Gasteiger partial charge in [0, 0.05) is 24.2 Å². The van der Waals surface area contributed by atoms with Crippen molar-refractivity contribution in [1.82, 2.24) is 19.8 Å². The third-order valence-corrected chi connectivity index (χ3v) is 6.35. The molecule has 0 saturated carbocycles. The largest absolute Gasteiger partial charge is 0.346 e. The molecule has 0 atom stereocenters. The second kappa shape index (κ2) is 9.88. The van der Waals surface area contributed by atoms with Gasteiger partial charge in [-0.15, -0.1) is 0 Å². The number of aromatic nitrogens is 2. The molecular weight excluding hydrogens is 474 g/mol. The van der Waals surface area contributed by atoms with Gasteiger partial charge in [-0.3, -0.25) is 19.0 Å². The molecule has 1 aliphatic heterocycles. The first-order valence-corrected chi connectivity index (χ1v) is 11.5. The summed E-state index contributed by atoms with van der Waals surface area (Å²) >= 11 is 6.90. The highest BCUT2D eigenvalue weighted by atomic mass is 35.5. The van der Waals surface area contributed by atoms with Gasteiger partial charge < -0.3 is 10.2 Å². The molecule has 1 N–H and O–H groups in total. The van der Waals surface area contributed by atoms with E-state index in [1.807, 2.05) is 0 Å². The number of likely N-dealkylation sites (tertiary alicyclic amines) is 1. The van der Waals surface area contributed by atoms with Crippen molar-refractivity contribution in [1.29, 1.82) is 0 Å². The van der Waals surface area contributed by atoms with Gasteiger partial charge >= 0.3 is 0 Å². The minimum atomic E-state index is -0.956. The van der Waals surface area contributed by atoms with Gasteiger partial charge in [0.25, 0.3) is 5.56 Å². The van der Waals surface area contributed by atoms with Gasteiger partial charge in [0.15, 0.2) is 5.16 Å². The normalized spacial score (nSPS) is 13.5. The molecule has 4 rings (SSSR count). The van der Waals surface area contributed by atoms with Crippen LogP contribution >= 0.6 is 23.4 Å². The predicted octanol–water partition coefficient (Wildman–Crippen LogP) is 3.15. The van der Waals surface area contributed by atoms with Gasteiger partial charge in [0.05, 0.1) is 28.9 Å². The highest BCUT2D eigenvalue weighted by molar-refractivity contribution is 7.99. The van der Waals surface area contributed by atoms with E-state index in [-0.39, 0.29) is 34.4 Å². The Morgan fingerprint density at radius 3 is 2.61 bits per heavy atom. The van der Waals surface area contributed by atoms with E-state index >= 15 is 0 Å². The number of benzene rings is 2. The predicted molar refractivity (Wildman–Crippen MR) is 122 cm³/mol. The van der Waals surface area contributed by atoms with Crippen LogP contribution in [-0.2, 0) is 9.59 Å². The number of rotatable bonds is 6. The maximum absolute atomic E-state index is 14.5. The lowest BCUT2D eigenvalue weighted by Crippen LogP contribution is -2.39. The van der Waals surface area contributed by atoms with E-state index in [0.29, 0.717) is 29.7 Å². The summed E-state index contributed by atoms with van der Waals surface area (Å²) in [6.07, 6.45) is 1.90. The van der Waals surface area contributed by atoms with Gasteiger partial charge in [-0.1, -0.05) is 23.4 Å². The summed E-state index contributed by atoms with van der Waals surface area (Å²) in [5.41, 5.74) is -0.502. The van der Waals surface area contributed by atoms with Crippen LogP contribution in [0, 0.1) is 11.6 Å². The highest BCUT2D eigenvalue weighted by Gasteiger charge is 2.20. The van der Waals surface area contributed by atoms with Crippen molar-refractivity contribution >= 4 is 46.1 Å². The molecule has 0 spiro atoms. The van der Waals surface area contributed by atoms with Crippen molar-refractivity contribution in [3.63, 3.8) is 0 Å². The number of nitrogens with zero attached hydrogens (tertiary/aromatic N) is 3. The fraction of sp³-hybridized carbons (Fsp3) is 0.273. The minimum absolute atomic E-state index is 0.0429. The monoisotopic (exact) mass is 492 g/mol. The molecule has 2 heterocycles. The summed E-state index contributed by atoms with van der Waals surface area (Å²) in [5, 5.41) is 3.05. The molecular formula is C22H19ClF2N4O3S. The average molecular weight is 493 g/mol. The molecule has 0 aliphatic carbocycles. The van der Waals surface area contributed by atoms with Crippen molar-refractivity contribution in [2.45, 2.75) is 18.0 Å². The van der Waals surface area contributed by atoms with Gasteiger partial charge in [0.1, 0.15) is 11.6 Å². The Bertz CT molecular complexity index is 1290. The zero-order valence-electron chi connectivity index (χ0n) is 17.3. The second-order valence-corrected chi connectivity index (χ2v) is 8.82. The van der Waals surface area contributed by atoms with Crippen molar-refractivity contribution in [2.24, 2.45) is 0 Å². The average Bonchev–Trinajstić information content (AvgIpc) is 3.32. The maximum Gasteiger partial charge on any atom is 0.266 e. The van der Waals surface area contributed by atoms with E-state index in [1.165, 1.54) is 6.07 Å². The van der Waals surface area contributed by atoms with Crippen LogP contribution in [0.5, 0.6) is 0 Å². The zero-order valence-corrected chi connectivity index (χ0v) is 18.9. The third-order valence-electron chi connectivity index (χ3n) is 5.18. The standard InChI is InChI=1S/C22H19ClF2N4O3S/c23-13-3-5-17-15(9-13)21(32)29(18-6-4-14(24)10-16(18)25)22(27-17)33-12-19(30)26-11-20(31)28-7-1-2-8-28/h3-6,9-10H,1-2,7-8,11-12H2,(H,26,30). The smallest absolute Gasteiger partial charge is 0.266 e. The second-order valence-electron chi connectivity index (χ2n) is 7.45. The number of carbonyl (C=O) groups excluding carboxylic acids is 2. The van der Waals surface area contributed by atoms with Gasteiger partial charge in [-0.25, -0.2) is 13.8 Å². The number of fused-ring (bicyclic) bond motifs is 1. The first kappa shape index (κ1) is 23.2. The molecule has 172 valence electrons. The Labute approximate surface area is 196 Å². The van der Waals surface area contributed by atoms with E-state index in [4.69, 9.17) is 11.6 Å². The number of amides is 2. The fourth-order valence-corrected chi connectivity index (χ4v) is 4.55. The molecule has 1 aromatic heterocycles. The summed E-state index contributed by atoms with van der Waals surface area (Å²) < 4.78 is 29.0. The summed E-state index contributed by atoms with van der Waals surface area (Å²) in [6, 6.07) is 7.33. The van der Waals surface area contributed by atoms with Gasteiger partial charge in [0.2, 0.25) is 11.8 Å². The van der Waals surface area contributed by atoms with Crippen LogP contribution in [0.2, 0.25) is 5.02 Å². The number of thioether (sulfide) groups is 1. The van der Waals surface area contributed by atoms with E-state index in [2.05, 4.69) is 10.3 Å². The van der Waals surface area contributed by atoms with Crippen LogP contribution in [0.25, 0.3) is 16.6 Å². The Morgan fingerprint density at radius 1 is 1.12 bits per heavy atom. The Hall–Kier alpha value is -2.98. The van der Waals surface area contributed by atoms with E-state index in [9.17, 15) is 23.2 Å². The molecule has 1 saturated heterocycles. The quantitative estimate of drug-likeness (QED) is 0.422. The summed E-state index contributed by atoms with van der Waals surface area (Å²) in [5.74, 6) is -2.51. The number of nitrogens with one attached hydrogen (secondary N) is 1. The molecule has 0 bridgehead atoms. The molecule has 0 radical (unpaired) electrons. The maximum atomic E-state index is 14.5. The van der Waals surface area contributed by atoms with Crippen LogP contribution in [0.3, 0.4) is 0 Å². The molecule has 2 amide bonds. The lowest BCUT2D eigenvalue weighted by Gasteiger charge is -2.16. The van der Waals surface area contributed by atoms with Gasteiger partial charge in [-0.2, -0.15) is 0 Å². The third kappa shape index (κ3) is 5.17. The molecule has 0 unspecified atom stereocenters. The van der Waals surface area contributed by atoms with E-state index in [1.54, 1.807) is 17.0 Å². The Kier molecular flexibility index (Phi) is 6.94. The fourth-order valence-electron chi connectivity index (χ4n) is 3.54. The Morgan fingerprint density at radius 2 is 1.88 bits per heavy atom. The van der Waals surface area contributed by atoms with E-state index < -0.39 is 23.1 Å². The van der Waals surface area contributed by atoms with Crippen LogP contribution in [0.4, 0.5) is 8.78 Å². The molecule has 1 fully saturated rings. The van der Waals surface area contributed by atoms with Gasteiger partial charge in [-0.05, 0) is 43.2 Å². The highest BCUT2D eigenvalue weighted by Crippen LogP contribution is 2.24. The SMILES string of the molecule is O=C(CSc1nc2ccc(Cl)cc2c(=O)n1-c1ccc(F)cc1F)NCC(=O)N1CCCC1. The van der Waals surface area contributed by atoms with Crippen molar-refractivity contribution in [3.05, 3.63) is 63.4 Å². The summed E-state index contributed by atoms with van der Waals surface area (Å²) in [6.45, 7) is 1.25.